The van der Waals surface area contributed by atoms with E-state index in [0.717, 1.165) is 6.92 Å². The van der Waals surface area contributed by atoms with Crippen molar-refractivity contribution in [2.24, 2.45) is 52.3 Å². The van der Waals surface area contributed by atoms with Gasteiger partial charge in [-0.1, -0.05) is 27.7 Å². The predicted molar refractivity (Wildman–Crippen MR) is 211 cm³/mol. The highest BCUT2D eigenvalue weighted by atomic mass is 19.5. The molecule has 3 saturated carbocycles. The molecule has 0 saturated heterocycles. The summed E-state index contributed by atoms with van der Waals surface area (Å²) in [6.07, 6.45) is -90.1. The van der Waals surface area contributed by atoms with E-state index in [1.807, 2.05) is 13.8 Å². The van der Waals surface area contributed by atoms with Gasteiger partial charge in [0.05, 0.1) is 0 Å². The fourth-order valence-electron chi connectivity index (χ4n) is 9.62. The van der Waals surface area contributed by atoms with Gasteiger partial charge in [-0.05, 0) is 94.8 Å². The van der Waals surface area contributed by atoms with Gasteiger partial charge < -0.3 is 29.5 Å². The summed E-state index contributed by atoms with van der Waals surface area (Å²) in [6.45, 7) is 5.64. The molecule has 42 heteroatoms. The van der Waals surface area contributed by atoms with Crippen LogP contribution in [-0.2, 0) is 28.6 Å². The molecule has 3 rings (SSSR count). The molecule has 0 aromatic carbocycles. The lowest BCUT2D eigenvalue weighted by Gasteiger charge is -2.48. The third-order valence-corrected chi connectivity index (χ3v) is 15.4. The third kappa shape index (κ3) is 16.4. The molecule has 2 bridgehead atoms. The lowest BCUT2D eigenvalue weighted by Crippen LogP contribution is -2.67. The minimum absolute atomic E-state index is 0.115. The highest BCUT2D eigenvalue weighted by Gasteiger charge is 2.79. The van der Waals surface area contributed by atoms with E-state index >= 15 is 0 Å². The van der Waals surface area contributed by atoms with Crippen molar-refractivity contribution in [1.82, 2.24) is 0 Å². The zero-order valence-electron chi connectivity index (χ0n) is 43.2. The number of carbonyl (C=O) groups excluding carboxylic acids is 3. The summed E-state index contributed by atoms with van der Waals surface area (Å²) in [7, 11) is 0. The van der Waals surface area contributed by atoms with Crippen molar-refractivity contribution < 1.29 is 189 Å². The fourth-order valence-corrected chi connectivity index (χ4v) is 9.62. The number of fused-ring (bicyclic) bond motifs is 2. The van der Waals surface area contributed by atoms with Gasteiger partial charge in [0.15, 0.2) is 10.8 Å². The maximum absolute atomic E-state index is 13.3. The predicted octanol–water partition coefficient (Wildman–Crippen LogP) is 14.6. The van der Waals surface area contributed by atoms with Crippen LogP contribution < -0.4 is 0 Å². The fraction of sp³-hybridized carbons (Fsp3) is 0.930. The van der Waals surface area contributed by atoms with Gasteiger partial charge in [-0.3, -0.25) is 14.4 Å². The minimum Gasteiger partial charge on any atom is -0.462 e. The van der Waals surface area contributed by atoms with Gasteiger partial charge in [-0.2, -0.15) is 145 Å². The Balaban J connectivity index is 0.000000666. The van der Waals surface area contributed by atoms with Crippen LogP contribution >= 0.6 is 0 Å². The molecule has 3 fully saturated rings. The number of hydrogen-bond donors (Lipinski definition) is 3. The summed E-state index contributed by atoms with van der Waals surface area (Å²) in [5.41, 5.74) is -23.4. The van der Waals surface area contributed by atoms with Crippen molar-refractivity contribution in [2.45, 2.75) is 196 Å². The van der Waals surface area contributed by atoms with Crippen molar-refractivity contribution in [3.8, 4) is 0 Å². The second-order valence-electron chi connectivity index (χ2n) is 20.7. The third-order valence-electron chi connectivity index (χ3n) is 15.4. The normalized spacial score (nSPS) is 24.7. The number of carbonyl (C=O) groups is 3. The highest BCUT2D eigenvalue weighted by Crippen LogP contribution is 2.61. The molecule has 0 radical (unpaired) electrons. The SMILES string of the molecule is CC1C2CC(CC(O)(C(F)(F)F)C(F)(F)F)C(C2)C1C.CCC(C)(C(=O)OC(C(F)(F)F)C(F)(F)F)C(=O)OC(C(F)(F)F)C(F)(F)F.CCC(C)(C(=O)OC1CC(C(O)(C(F)(F)F)C(F)(F)F)CC(C(O)(C(F)(F)F)C(F)(F)F)C1)C(F)(F)F. The van der Waals surface area contributed by atoms with Gasteiger partial charge in [0.2, 0.25) is 0 Å². The van der Waals surface area contributed by atoms with E-state index < -0.39 is 188 Å². The summed E-state index contributed by atoms with van der Waals surface area (Å²) < 4.78 is 435. The molecule has 0 aliphatic heterocycles. The van der Waals surface area contributed by atoms with Crippen molar-refractivity contribution in [1.29, 1.82) is 0 Å². The van der Waals surface area contributed by atoms with E-state index in [1.54, 1.807) is 0 Å². The van der Waals surface area contributed by atoms with Gasteiger partial charge in [0, 0.05) is 11.8 Å². The molecule has 8 unspecified atom stereocenters. The van der Waals surface area contributed by atoms with E-state index in [4.69, 9.17) is 0 Å². The molecule has 0 spiro atoms. The van der Waals surface area contributed by atoms with E-state index in [-0.39, 0.29) is 31.6 Å². The van der Waals surface area contributed by atoms with Crippen LogP contribution in [-0.4, -0.2) is 136 Å². The summed E-state index contributed by atoms with van der Waals surface area (Å²) >= 11 is 0. The lowest BCUT2D eigenvalue weighted by molar-refractivity contribution is -0.405. The first-order chi connectivity index (χ1) is 37.0. The van der Waals surface area contributed by atoms with Gasteiger partial charge in [-0.15, -0.1) is 0 Å². The Bertz CT molecular complexity index is 2080. The average molecular weight is 1330 g/mol. The molecule has 8 atom stereocenters. The van der Waals surface area contributed by atoms with E-state index in [2.05, 4.69) is 14.2 Å². The Hall–Kier alpha value is -4.02. The molecule has 3 N–H and O–H groups in total. The number of aliphatic hydroxyl groups is 3. The van der Waals surface area contributed by atoms with Crippen LogP contribution in [0.15, 0.2) is 0 Å². The number of hydrogen-bond acceptors (Lipinski definition) is 9. The van der Waals surface area contributed by atoms with E-state index in [9.17, 15) is 175 Å². The number of halogens is 33. The topological polar surface area (TPSA) is 140 Å². The van der Waals surface area contributed by atoms with Crippen molar-refractivity contribution in [3.05, 3.63) is 0 Å². The molecule has 0 aromatic heterocycles. The molecule has 0 aromatic rings. The molecule has 0 amide bonds. The largest absolute Gasteiger partial charge is 0.462 e. The van der Waals surface area contributed by atoms with E-state index in [0.29, 0.717) is 25.7 Å². The quantitative estimate of drug-likeness (QED) is 0.0754. The Morgan fingerprint density at radius 3 is 0.965 bits per heavy atom. The maximum atomic E-state index is 13.3. The molecule has 504 valence electrons. The monoisotopic (exact) mass is 1330 g/mol. The summed E-state index contributed by atoms with van der Waals surface area (Å²) in [5.74, 6) is -15.3. The second kappa shape index (κ2) is 24.7. The van der Waals surface area contributed by atoms with Crippen molar-refractivity contribution in [3.63, 3.8) is 0 Å². The Morgan fingerprint density at radius 2 is 0.741 bits per heavy atom. The molecule has 3 aliphatic carbocycles. The van der Waals surface area contributed by atoms with Crippen LogP contribution in [0.5, 0.6) is 0 Å². The number of ether oxygens (including phenoxy) is 3. The lowest BCUT2D eigenvalue weighted by atomic mass is 9.65. The van der Waals surface area contributed by atoms with Crippen LogP contribution in [0.2, 0.25) is 0 Å². The molecular weight excluding hydrogens is 1290 g/mol. The highest BCUT2D eigenvalue weighted by molar-refractivity contribution is 5.99. The number of alkyl halides is 33. The van der Waals surface area contributed by atoms with Gasteiger partial charge in [0.25, 0.3) is 29.0 Å². The summed E-state index contributed by atoms with van der Waals surface area (Å²) in [4.78, 5) is 35.4. The second-order valence-corrected chi connectivity index (χ2v) is 20.7. The molecule has 3 aliphatic rings. The van der Waals surface area contributed by atoms with Gasteiger partial charge in [0.1, 0.15) is 6.10 Å². The first-order valence-corrected chi connectivity index (χ1v) is 23.5. The number of esters is 3. The maximum Gasteiger partial charge on any atom is 0.434 e. The average Bonchev–Trinajstić information content (AvgIpc) is 1.75. The minimum atomic E-state index is -6.77. The first kappa shape index (κ1) is 79.0. The van der Waals surface area contributed by atoms with Gasteiger partial charge in [-0.25, -0.2) is 0 Å². The standard InChI is InChI=1S/C18H19F15O4.C13H18F6O.C12H10F12O4/c1-3-11(2,14(19,20)21)10(34)37-9-5-7(12(35,15(22,23)24)16(25,26)27)4-8(6-9)13(36,17(28,29)30)18(31,32)33;1-6-7(2)10-4-8(6)3-9(10)5-11(20,12(14,15)16)13(17,18)19;1-3-8(2,6(25)27-4(9(13,14)15)10(16,17)18)7(26)28-5(11(19,20)21)12(22,23)24/h7-9,35-36H,3-6H2,1-2H3;6-10,20H,3-5H2,1-2H3;4-5H,3H2,1-2H3. The molecule has 85 heavy (non-hydrogen) atoms. The first-order valence-electron chi connectivity index (χ1n) is 23.5. The molecule has 0 heterocycles. The van der Waals surface area contributed by atoms with Crippen molar-refractivity contribution in [2.75, 3.05) is 0 Å². The van der Waals surface area contributed by atoms with Crippen LogP contribution in [0.4, 0.5) is 145 Å². The van der Waals surface area contributed by atoms with E-state index in [1.165, 1.54) is 0 Å². The Kier molecular flexibility index (Phi) is 23.0. The van der Waals surface area contributed by atoms with Crippen LogP contribution in [0, 0.1) is 52.3 Å². The van der Waals surface area contributed by atoms with Crippen LogP contribution in [0.3, 0.4) is 0 Å². The van der Waals surface area contributed by atoms with Gasteiger partial charge >= 0.3 is 85.8 Å². The molecular formula is C43H47F33O9. The number of rotatable bonds is 12. The Labute approximate surface area is 455 Å². The van der Waals surface area contributed by atoms with Crippen LogP contribution in [0.1, 0.15) is 92.9 Å². The summed E-state index contributed by atoms with van der Waals surface area (Å²) in [5, 5.41) is 28.4. The molecule has 9 nitrogen and oxygen atoms in total. The Morgan fingerprint density at radius 1 is 0.424 bits per heavy atom. The zero-order chi connectivity index (χ0) is 68.3. The summed E-state index contributed by atoms with van der Waals surface area (Å²) in [6, 6.07) is 0. The smallest absolute Gasteiger partial charge is 0.434 e. The van der Waals surface area contributed by atoms with Crippen molar-refractivity contribution >= 4 is 17.9 Å². The zero-order valence-corrected chi connectivity index (χ0v) is 43.2. The van der Waals surface area contributed by atoms with Crippen LogP contribution in [0.25, 0.3) is 0 Å².